The Morgan fingerprint density at radius 2 is 2.00 bits per heavy atom. The van der Waals surface area contributed by atoms with Crippen molar-refractivity contribution in [2.45, 2.75) is 0 Å². The highest BCUT2D eigenvalue weighted by Crippen LogP contribution is 2.03. The molecule has 0 unspecified atom stereocenters. The number of primary amides is 1. The first-order chi connectivity index (χ1) is 6.57. The lowest BCUT2D eigenvalue weighted by Crippen LogP contribution is -2.57. The monoisotopic (exact) mass is 201 g/mol. The van der Waals surface area contributed by atoms with Gasteiger partial charge in [0.1, 0.15) is 0 Å². The Labute approximate surface area is 80.1 Å². The summed E-state index contributed by atoms with van der Waals surface area (Å²) in [7, 11) is 0. The molecule has 1 aliphatic rings. The summed E-state index contributed by atoms with van der Waals surface area (Å²) < 4.78 is 0. The van der Waals surface area contributed by atoms with Gasteiger partial charge >= 0.3 is 17.8 Å². The van der Waals surface area contributed by atoms with Crippen molar-refractivity contribution in [1.82, 2.24) is 9.80 Å². The molecule has 0 saturated carbocycles. The summed E-state index contributed by atoms with van der Waals surface area (Å²) in [6.07, 6.45) is 0. The van der Waals surface area contributed by atoms with Crippen molar-refractivity contribution in [3.8, 4) is 0 Å². The van der Waals surface area contributed by atoms with Gasteiger partial charge in [0.05, 0.1) is 6.61 Å². The van der Waals surface area contributed by atoms with Gasteiger partial charge in [-0.05, 0) is 0 Å². The van der Waals surface area contributed by atoms with Crippen molar-refractivity contribution in [3.63, 3.8) is 0 Å². The Morgan fingerprint density at radius 1 is 1.36 bits per heavy atom. The lowest BCUT2D eigenvalue weighted by atomic mass is 10.3. The number of carbonyl (C=O) groups is 3. The van der Waals surface area contributed by atoms with E-state index in [1.165, 1.54) is 4.90 Å². The quantitative estimate of drug-likeness (QED) is 0.491. The average molecular weight is 201 g/mol. The van der Waals surface area contributed by atoms with Crippen molar-refractivity contribution >= 4 is 17.8 Å². The summed E-state index contributed by atoms with van der Waals surface area (Å²) in [6, 6.07) is -0.924. The molecule has 1 rings (SSSR count). The molecule has 78 valence electrons. The number of piperazine rings is 1. The number of urea groups is 1. The average Bonchev–Trinajstić information content (AvgIpc) is 2.13. The fourth-order valence-corrected chi connectivity index (χ4v) is 1.22. The van der Waals surface area contributed by atoms with Gasteiger partial charge in [0.15, 0.2) is 0 Å². The summed E-state index contributed by atoms with van der Waals surface area (Å²) in [5.74, 6) is -1.73. The van der Waals surface area contributed by atoms with Crippen LogP contribution in [-0.4, -0.2) is 59.0 Å². The second kappa shape index (κ2) is 4.05. The van der Waals surface area contributed by atoms with Crippen LogP contribution in [0, 0.1) is 0 Å². The van der Waals surface area contributed by atoms with Crippen molar-refractivity contribution in [3.05, 3.63) is 0 Å². The van der Waals surface area contributed by atoms with E-state index in [4.69, 9.17) is 10.8 Å². The van der Waals surface area contributed by atoms with Gasteiger partial charge in [-0.25, -0.2) is 4.79 Å². The van der Waals surface area contributed by atoms with Gasteiger partial charge in [-0.15, -0.1) is 0 Å². The zero-order chi connectivity index (χ0) is 10.7. The molecule has 7 heteroatoms. The fraction of sp³-hybridized carbons (Fsp3) is 0.571. The normalized spacial score (nSPS) is 17.5. The predicted octanol–water partition coefficient (Wildman–Crippen LogP) is -2.27. The minimum Gasteiger partial charge on any atom is -0.395 e. The topological polar surface area (TPSA) is 104 Å². The highest BCUT2D eigenvalue weighted by atomic mass is 16.3. The number of hydrogen-bond donors (Lipinski definition) is 2. The third-order valence-corrected chi connectivity index (χ3v) is 1.94. The van der Waals surface area contributed by atoms with Gasteiger partial charge in [0.2, 0.25) is 0 Å². The predicted molar refractivity (Wildman–Crippen MR) is 45.0 cm³/mol. The van der Waals surface area contributed by atoms with E-state index in [2.05, 4.69) is 0 Å². The second-order valence-corrected chi connectivity index (χ2v) is 2.81. The molecule has 0 radical (unpaired) electrons. The van der Waals surface area contributed by atoms with E-state index in [0.29, 0.717) is 4.90 Å². The molecule has 0 atom stereocenters. The number of rotatable bonds is 2. The molecule has 0 aromatic heterocycles. The van der Waals surface area contributed by atoms with Gasteiger partial charge in [-0.2, -0.15) is 0 Å². The third kappa shape index (κ3) is 1.82. The summed E-state index contributed by atoms with van der Waals surface area (Å²) in [5, 5.41) is 8.59. The minimum absolute atomic E-state index is 0.0832. The van der Waals surface area contributed by atoms with Gasteiger partial charge in [0.25, 0.3) is 0 Å². The van der Waals surface area contributed by atoms with E-state index < -0.39 is 17.8 Å². The van der Waals surface area contributed by atoms with Crippen molar-refractivity contribution < 1.29 is 19.5 Å². The SMILES string of the molecule is NC(=O)N1CCN(CCO)C(=O)C1=O. The molecule has 7 nitrogen and oxygen atoms in total. The van der Waals surface area contributed by atoms with Crippen molar-refractivity contribution in [1.29, 1.82) is 0 Å². The summed E-state index contributed by atoms with van der Waals surface area (Å²) in [4.78, 5) is 35.0. The Morgan fingerprint density at radius 3 is 2.50 bits per heavy atom. The molecule has 1 fully saturated rings. The molecular weight excluding hydrogens is 190 g/mol. The molecule has 0 bridgehead atoms. The first kappa shape index (κ1) is 10.5. The first-order valence-corrected chi connectivity index (χ1v) is 4.09. The van der Waals surface area contributed by atoms with Crippen LogP contribution >= 0.6 is 0 Å². The molecule has 0 aromatic rings. The van der Waals surface area contributed by atoms with Crippen LogP contribution in [-0.2, 0) is 9.59 Å². The molecule has 0 spiro atoms. The third-order valence-electron chi connectivity index (χ3n) is 1.94. The van der Waals surface area contributed by atoms with Crippen LogP contribution in [0.15, 0.2) is 0 Å². The maximum Gasteiger partial charge on any atom is 0.321 e. The van der Waals surface area contributed by atoms with Gasteiger partial charge in [-0.1, -0.05) is 0 Å². The van der Waals surface area contributed by atoms with E-state index in [0.717, 1.165) is 0 Å². The van der Waals surface area contributed by atoms with Crippen LogP contribution in [0.4, 0.5) is 4.79 Å². The number of amides is 4. The zero-order valence-electron chi connectivity index (χ0n) is 7.47. The van der Waals surface area contributed by atoms with E-state index in [9.17, 15) is 14.4 Å². The molecule has 1 saturated heterocycles. The van der Waals surface area contributed by atoms with Gasteiger partial charge in [0, 0.05) is 19.6 Å². The molecule has 1 heterocycles. The van der Waals surface area contributed by atoms with Crippen LogP contribution < -0.4 is 5.73 Å². The van der Waals surface area contributed by atoms with Crippen LogP contribution in [0.25, 0.3) is 0 Å². The van der Waals surface area contributed by atoms with Crippen LogP contribution in [0.3, 0.4) is 0 Å². The molecule has 1 aliphatic heterocycles. The summed E-state index contributed by atoms with van der Waals surface area (Å²) >= 11 is 0. The smallest absolute Gasteiger partial charge is 0.321 e. The number of carbonyl (C=O) groups excluding carboxylic acids is 3. The van der Waals surface area contributed by atoms with E-state index in [1.807, 2.05) is 0 Å². The minimum atomic E-state index is -0.933. The molecular formula is C7H11N3O4. The Hall–Kier alpha value is -1.63. The maximum absolute atomic E-state index is 11.2. The first-order valence-electron chi connectivity index (χ1n) is 4.09. The largest absolute Gasteiger partial charge is 0.395 e. The lowest BCUT2D eigenvalue weighted by Gasteiger charge is -2.30. The zero-order valence-corrected chi connectivity index (χ0v) is 7.47. The van der Waals surface area contributed by atoms with Crippen LogP contribution in [0.2, 0.25) is 0 Å². The Bertz CT molecular complexity index is 278. The van der Waals surface area contributed by atoms with Gasteiger partial charge in [-0.3, -0.25) is 14.5 Å². The molecule has 4 amide bonds. The lowest BCUT2D eigenvalue weighted by molar-refractivity contribution is -0.153. The Kier molecular flexibility index (Phi) is 3.03. The van der Waals surface area contributed by atoms with Gasteiger partial charge < -0.3 is 15.7 Å². The van der Waals surface area contributed by atoms with E-state index >= 15 is 0 Å². The number of hydrogen-bond acceptors (Lipinski definition) is 4. The number of imide groups is 1. The number of aliphatic hydroxyl groups is 1. The second-order valence-electron chi connectivity index (χ2n) is 2.81. The van der Waals surface area contributed by atoms with Crippen LogP contribution in [0.1, 0.15) is 0 Å². The number of aliphatic hydroxyl groups excluding tert-OH is 1. The standard InChI is InChI=1S/C7H11N3O4/c8-7(14)10-2-1-9(3-4-11)5(12)6(10)13/h11H,1-4H2,(H2,8,14). The maximum atomic E-state index is 11.2. The highest BCUT2D eigenvalue weighted by Gasteiger charge is 2.34. The molecule has 0 aromatic carbocycles. The van der Waals surface area contributed by atoms with E-state index in [1.54, 1.807) is 0 Å². The summed E-state index contributed by atoms with van der Waals surface area (Å²) in [5.41, 5.74) is 4.89. The molecule has 3 N–H and O–H groups in total. The molecule has 0 aliphatic carbocycles. The van der Waals surface area contributed by atoms with Crippen molar-refractivity contribution in [2.24, 2.45) is 5.73 Å². The fourth-order valence-electron chi connectivity index (χ4n) is 1.22. The summed E-state index contributed by atoms with van der Waals surface area (Å²) in [6.45, 7) is 0.181. The number of nitrogens with zero attached hydrogens (tertiary/aromatic N) is 2. The Balaban J connectivity index is 2.69. The highest BCUT2D eigenvalue weighted by molar-refractivity contribution is 6.37. The molecule has 14 heavy (non-hydrogen) atoms. The number of β-amino-alcohol motifs (C(OH)–C–C–N with tert-alkyl or cyclic N) is 1. The van der Waals surface area contributed by atoms with Crippen LogP contribution in [0.5, 0.6) is 0 Å². The van der Waals surface area contributed by atoms with E-state index in [-0.39, 0.29) is 26.2 Å². The number of nitrogens with two attached hydrogens (primary N) is 1. The van der Waals surface area contributed by atoms with Crippen molar-refractivity contribution in [2.75, 3.05) is 26.2 Å².